The van der Waals surface area contributed by atoms with Crippen molar-refractivity contribution in [3.05, 3.63) is 28.2 Å². The van der Waals surface area contributed by atoms with Gasteiger partial charge in [-0.1, -0.05) is 28.9 Å². The molecule has 60 valence electrons. The van der Waals surface area contributed by atoms with E-state index in [-0.39, 0.29) is 0 Å². The van der Waals surface area contributed by atoms with Gasteiger partial charge < -0.3 is 4.74 Å². The lowest BCUT2D eigenvalue weighted by atomic mass is 10.2. The van der Waals surface area contributed by atoms with Crippen molar-refractivity contribution in [2.75, 3.05) is 7.11 Å². The molecule has 0 aliphatic rings. The Morgan fingerprint density at radius 2 is 2.18 bits per heavy atom. The number of hydrogen-bond acceptors (Lipinski definition) is 1. The molecule has 0 saturated carbocycles. The first-order valence-corrected chi connectivity index (χ1v) is 4.39. The first kappa shape index (κ1) is 8.60. The number of methoxy groups -OCH3 is 1. The molecule has 1 nitrogen and oxygen atoms in total. The van der Waals surface area contributed by atoms with Gasteiger partial charge in [-0.2, -0.15) is 0 Å². The van der Waals surface area contributed by atoms with Crippen molar-refractivity contribution < 1.29 is 4.74 Å². The van der Waals surface area contributed by atoms with Crippen LogP contribution in [0.4, 0.5) is 0 Å². The molecule has 2 heteroatoms. The van der Waals surface area contributed by atoms with Crippen LogP contribution in [0.3, 0.4) is 0 Å². The minimum atomic E-state index is 0.897. The summed E-state index contributed by atoms with van der Waals surface area (Å²) in [6, 6.07) is 6.03. The normalized spacial score (nSPS) is 9.73. The molecule has 0 bridgehead atoms. The Bertz CT molecular complexity index is 245. The lowest BCUT2D eigenvalue weighted by Crippen LogP contribution is -1.85. The lowest BCUT2D eigenvalue weighted by molar-refractivity contribution is 0.414. The van der Waals surface area contributed by atoms with Crippen LogP contribution in [0, 0.1) is 0 Å². The highest BCUT2D eigenvalue weighted by Gasteiger charge is 1.97. The lowest BCUT2D eigenvalue weighted by Gasteiger charge is -2.03. The van der Waals surface area contributed by atoms with E-state index in [1.165, 1.54) is 5.56 Å². The highest BCUT2D eigenvalue weighted by Crippen LogP contribution is 2.22. The van der Waals surface area contributed by atoms with Gasteiger partial charge in [-0.15, -0.1) is 0 Å². The molecular formula is C9H11BrO. The Balaban J connectivity index is 2.99. The van der Waals surface area contributed by atoms with Gasteiger partial charge in [0.2, 0.25) is 0 Å². The molecule has 0 aliphatic heterocycles. The van der Waals surface area contributed by atoms with E-state index in [4.69, 9.17) is 4.74 Å². The molecule has 0 aliphatic carbocycles. The Morgan fingerprint density at radius 3 is 2.64 bits per heavy atom. The summed E-state index contributed by atoms with van der Waals surface area (Å²) in [6.45, 7) is 2.13. The van der Waals surface area contributed by atoms with Crippen molar-refractivity contribution in [2.45, 2.75) is 13.3 Å². The van der Waals surface area contributed by atoms with Crippen LogP contribution in [-0.2, 0) is 6.42 Å². The molecule has 0 radical (unpaired) electrons. The Kier molecular flexibility index (Phi) is 2.94. The predicted octanol–water partition coefficient (Wildman–Crippen LogP) is 3.02. The molecule has 1 aromatic carbocycles. The molecule has 11 heavy (non-hydrogen) atoms. The van der Waals surface area contributed by atoms with E-state index in [1.54, 1.807) is 7.11 Å². The summed E-state index contributed by atoms with van der Waals surface area (Å²) in [4.78, 5) is 0. The van der Waals surface area contributed by atoms with Crippen LogP contribution in [-0.4, -0.2) is 7.11 Å². The van der Waals surface area contributed by atoms with E-state index in [0.717, 1.165) is 16.6 Å². The van der Waals surface area contributed by atoms with Crippen molar-refractivity contribution in [3.63, 3.8) is 0 Å². The molecule has 1 rings (SSSR count). The van der Waals surface area contributed by atoms with Crippen LogP contribution in [0.25, 0.3) is 0 Å². The van der Waals surface area contributed by atoms with Gasteiger partial charge in [0.1, 0.15) is 5.75 Å². The minimum Gasteiger partial charge on any atom is -0.497 e. The van der Waals surface area contributed by atoms with E-state index in [9.17, 15) is 0 Å². The van der Waals surface area contributed by atoms with Gasteiger partial charge in [0.15, 0.2) is 0 Å². The SMILES string of the molecule is CCc1ccc(OC)cc1Br. The van der Waals surface area contributed by atoms with Gasteiger partial charge in [-0.05, 0) is 24.1 Å². The minimum absolute atomic E-state index is 0.897. The molecule has 0 atom stereocenters. The van der Waals surface area contributed by atoms with Crippen molar-refractivity contribution >= 4 is 15.9 Å². The first-order valence-electron chi connectivity index (χ1n) is 3.60. The fraction of sp³-hybridized carbons (Fsp3) is 0.333. The Morgan fingerprint density at radius 1 is 1.45 bits per heavy atom. The summed E-state index contributed by atoms with van der Waals surface area (Å²) in [5, 5.41) is 0. The number of ether oxygens (including phenoxy) is 1. The van der Waals surface area contributed by atoms with Gasteiger partial charge in [-0.25, -0.2) is 0 Å². The molecule has 0 aromatic heterocycles. The number of hydrogen-bond donors (Lipinski definition) is 0. The highest BCUT2D eigenvalue weighted by molar-refractivity contribution is 9.10. The standard InChI is InChI=1S/C9H11BrO/c1-3-7-4-5-8(11-2)6-9(7)10/h4-6H,3H2,1-2H3. The molecular weight excluding hydrogens is 204 g/mol. The van der Waals surface area contributed by atoms with Crippen LogP contribution in [0.2, 0.25) is 0 Å². The quantitative estimate of drug-likeness (QED) is 0.736. The maximum absolute atomic E-state index is 5.06. The van der Waals surface area contributed by atoms with E-state index >= 15 is 0 Å². The number of rotatable bonds is 2. The molecule has 0 amide bonds. The van der Waals surface area contributed by atoms with Gasteiger partial charge >= 0.3 is 0 Å². The first-order chi connectivity index (χ1) is 5.27. The van der Waals surface area contributed by atoms with Crippen LogP contribution in [0.1, 0.15) is 12.5 Å². The Labute approximate surface area is 75.5 Å². The third-order valence-corrected chi connectivity index (χ3v) is 2.38. The molecule has 0 spiro atoms. The molecule has 0 N–H and O–H groups in total. The van der Waals surface area contributed by atoms with Crippen molar-refractivity contribution in [3.8, 4) is 5.75 Å². The monoisotopic (exact) mass is 214 g/mol. The predicted molar refractivity (Wildman–Crippen MR) is 50.1 cm³/mol. The topological polar surface area (TPSA) is 9.23 Å². The Hall–Kier alpha value is -0.500. The molecule has 0 saturated heterocycles. The fourth-order valence-electron chi connectivity index (χ4n) is 0.942. The van der Waals surface area contributed by atoms with Crippen molar-refractivity contribution in [1.82, 2.24) is 0 Å². The summed E-state index contributed by atoms with van der Waals surface area (Å²) in [6.07, 6.45) is 1.05. The second-order valence-electron chi connectivity index (χ2n) is 2.31. The van der Waals surface area contributed by atoms with Gasteiger partial charge in [0, 0.05) is 4.47 Å². The third kappa shape index (κ3) is 1.96. The van der Waals surface area contributed by atoms with Crippen LogP contribution < -0.4 is 4.74 Å². The summed E-state index contributed by atoms with van der Waals surface area (Å²) in [5.41, 5.74) is 1.31. The zero-order valence-corrected chi connectivity index (χ0v) is 8.31. The smallest absolute Gasteiger partial charge is 0.120 e. The van der Waals surface area contributed by atoms with Crippen LogP contribution >= 0.6 is 15.9 Å². The van der Waals surface area contributed by atoms with E-state index in [1.807, 2.05) is 12.1 Å². The molecule has 0 unspecified atom stereocenters. The maximum Gasteiger partial charge on any atom is 0.120 e. The number of benzene rings is 1. The molecule has 0 fully saturated rings. The summed E-state index contributed by atoms with van der Waals surface area (Å²) in [5.74, 6) is 0.897. The summed E-state index contributed by atoms with van der Waals surface area (Å²) < 4.78 is 6.19. The van der Waals surface area contributed by atoms with Crippen molar-refractivity contribution in [2.24, 2.45) is 0 Å². The highest BCUT2D eigenvalue weighted by atomic mass is 79.9. The van der Waals surface area contributed by atoms with Gasteiger partial charge in [-0.3, -0.25) is 0 Å². The summed E-state index contributed by atoms with van der Waals surface area (Å²) in [7, 11) is 1.67. The zero-order valence-electron chi connectivity index (χ0n) is 6.73. The van der Waals surface area contributed by atoms with Gasteiger partial charge in [0.25, 0.3) is 0 Å². The average molecular weight is 215 g/mol. The number of aryl methyl sites for hydroxylation is 1. The van der Waals surface area contributed by atoms with E-state index in [0.29, 0.717) is 0 Å². The average Bonchev–Trinajstić information content (AvgIpc) is 2.04. The third-order valence-electron chi connectivity index (χ3n) is 1.64. The number of halogens is 1. The van der Waals surface area contributed by atoms with Gasteiger partial charge in [0.05, 0.1) is 7.11 Å². The van der Waals surface area contributed by atoms with E-state index < -0.39 is 0 Å². The molecule has 0 heterocycles. The second kappa shape index (κ2) is 3.77. The summed E-state index contributed by atoms with van der Waals surface area (Å²) >= 11 is 3.47. The maximum atomic E-state index is 5.06. The fourth-order valence-corrected chi connectivity index (χ4v) is 1.58. The largest absolute Gasteiger partial charge is 0.497 e. The van der Waals surface area contributed by atoms with Crippen LogP contribution in [0.15, 0.2) is 22.7 Å². The van der Waals surface area contributed by atoms with Crippen molar-refractivity contribution in [1.29, 1.82) is 0 Å². The molecule has 1 aromatic rings. The van der Waals surface area contributed by atoms with E-state index in [2.05, 4.69) is 28.9 Å². The second-order valence-corrected chi connectivity index (χ2v) is 3.17. The zero-order chi connectivity index (χ0) is 8.27. The van der Waals surface area contributed by atoms with Crippen LogP contribution in [0.5, 0.6) is 5.75 Å².